The van der Waals surface area contributed by atoms with E-state index in [0.717, 1.165) is 34.9 Å². The number of nitrogens with one attached hydrogen (secondary N) is 1. The lowest BCUT2D eigenvalue weighted by atomic mass is 9.81. The Morgan fingerprint density at radius 1 is 0.571 bits per heavy atom. The van der Waals surface area contributed by atoms with Crippen molar-refractivity contribution in [3.05, 3.63) is 146 Å². The molecule has 0 fully saturated rings. The van der Waals surface area contributed by atoms with Crippen LogP contribution in [0, 0.1) is 30.9 Å². The highest BCUT2D eigenvalue weighted by molar-refractivity contribution is 7.87. The van der Waals surface area contributed by atoms with Crippen LogP contribution in [0.15, 0.2) is 107 Å². The number of rotatable bonds is 9. The molecule has 5 aromatic rings. The lowest BCUT2D eigenvalue weighted by molar-refractivity contribution is -0.385. The van der Waals surface area contributed by atoms with Gasteiger partial charge in [0.25, 0.3) is 5.69 Å². The number of para-hydroxylation sites is 1. The van der Waals surface area contributed by atoms with Gasteiger partial charge >= 0.3 is 20.2 Å². The summed E-state index contributed by atoms with van der Waals surface area (Å²) in [5.41, 5.74) is -0.458. The Balaban J connectivity index is 1.57. The highest BCUT2D eigenvalue weighted by Gasteiger charge is 2.43. The van der Waals surface area contributed by atoms with Crippen molar-refractivity contribution in [2.45, 2.75) is 30.6 Å². The average Bonchev–Trinajstić information content (AvgIpc) is 3.05. The van der Waals surface area contributed by atoms with Gasteiger partial charge in [-0.15, -0.1) is 0 Å². The van der Waals surface area contributed by atoms with Crippen LogP contribution >= 0.6 is 0 Å². The Labute approximate surface area is 281 Å². The predicted octanol–water partition coefficient (Wildman–Crippen LogP) is 6.57. The van der Waals surface area contributed by atoms with Crippen molar-refractivity contribution in [1.29, 1.82) is 0 Å². The van der Waals surface area contributed by atoms with Crippen molar-refractivity contribution in [3.63, 3.8) is 0 Å². The van der Waals surface area contributed by atoms with Crippen LogP contribution in [0.3, 0.4) is 0 Å². The van der Waals surface area contributed by atoms with Gasteiger partial charge in [-0.3, -0.25) is 19.7 Å². The van der Waals surface area contributed by atoms with Crippen molar-refractivity contribution in [3.8, 4) is 11.5 Å². The predicted molar refractivity (Wildman–Crippen MR) is 179 cm³/mol. The van der Waals surface area contributed by atoms with Gasteiger partial charge in [-0.25, -0.2) is 0 Å². The van der Waals surface area contributed by atoms with Crippen LogP contribution in [-0.4, -0.2) is 33.3 Å². The molecule has 0 aliphatic heterocycles. The molecule has 5 aromatic carbocycles. The molecule has 49 heavy (non-hydrogen) atoms. The first-order valence-corrected chi connectivity index (χ1v) is 17.4. The first-order valence-electron chi connectivity index (χ1n) is 14.6. The van der Waals surface area contributed by atoms with Gasteiger partial charge in [-0.05, 0) is 74.9 Å². The molecule has 1 N–H and O–H groups in total. The van der Waals surface area contributed by atoms with E-state index < -0.39 is 76.2 Å². The average molecular weight is 699 g/mol. The Bertz CT molecular complexity index is 2420. The fraction of sp³-hybridized carbons (Fsp3) is 0.0857. The third-order valence-electron chi connectivity index (χ3n) is 7.85. The summed E-state index contributed by atoms with van der Waals surface area (Å²) in [7, 11) is -9.17. The first kappa shape index (κ1) is 33.1. The Morgan fingerprint density at radius 2 is 1.04 bits per heavy atom. The molecule has 0 saturated heterocycles. The Morgan fingerprint density at radius 3 is 1.55 bits per heavy atom. The number of anilines is 2. The summed E-state index contributed by atoms with van der Waals surface area (Å²) in [4.78, 5) is 39.7. The zero-order valence-corrected chi connectivity index (χ0v) is 27.7. The van der Waals surface area contributed by atoms with Crippen molar-refractivity contribution in [1.82, 2.24) is 0 Å². The number of hydrogen-bond donors (Lipinski definition) is 1. The molecular formula is C35H26N2O10S2. The fourth-order valence-electron chi connectivity index (χ4n) is 5.32. The summed E-state index contributed by atoms with van der Waals surface area (Å²) in [5.74, 6) is -3.40. The van der Waals surface area contributed by atoms with E-state index in [1.54, 1.807) is 57.2 Å². The molecule has 248 valence electrons. The van der Waals surface area contributed by atoms with Crippen molar-refractivity contribution in [2.75, 3.05) is 5.32 Å². The van der Waals surface area contributed by atoms with Crippen LogP contribution in [0.1, 0.15) is 48.5 Å². The van der Waals surface area contributed by atoms with Gasteiger partial charge in [-0.1, -0.05) is 53.6 Å². The van der Waals surface area contributed by atoms with Gasteiger partial charge in [-0.2, -0.15) is 16.8 Å². The minimum atomic E-state index is -4.60. The molecule has 0 radical (unpaired) electrons. The summed E-state index contributed by atoms with van der Waals surface area (Å²) in [6, 6.07) is 22.6. The number of aryl methyl sites for hydroxylation is 3. The largest absolute Gasteiger partial charge is 0.378 e. The molecule has 12 nitrogen and oxygen atoms in total. The molecule has 1 aliphatic carbocycles. The number of nitrogens with zero attached hydrogens (tertiary/aromatic N) is 1. The molecule has 1 aliphatic rings. The maximum absolute atomic E-state index is 14.5. The zero-order chi connectivity index (χ0) is 35.2. The molecule has 0 spiro atoms. The van der Waals surface area contributed by atoms with Crippen LogP contribution in [0.2, 0.25) is 0 Å². The lowest BCUT2D eigenvalue weighted by Crippen LogP contribution is -2.26. The third-order valence-corrected chi connectivity index (χ3v) is 10.3. The zero-order valence-electron chi connectivity index (χ0n) is 26.1. The van der Waals surface area contributed by atoms with E-state index in [0.29, 0.717) is 5.69 Å². The maximum atomic E-state index is 14.5. The minimum absolute atomic E-state index is 0.0206. The summed E-state index contributed by atoms with van der Waals surface area (Å²) in [6.07, 6.45) is 0. The van der Waals surface area contributed by atoms with Crippen molar-refractivity contribution < 1.29 is 39.7 Å². The second-order valence-electron chi connectivity index (χ2n) is 11.3. The monoisotopic (exact) mass is 698 g/mol. The van der Waals surface area contributed by atoms with Gasteiger partial charge in [0.05, 0.1) is 27.3 Å². The van der Waals surface area contributed by atoms with E-state index in [1.807, 2.05) is 0 Å². The van der Waals surface area contributed by atoms with E-state index in [1.165, 1.54) is 42.5 Å². The van der Waals surface area contributed by atoms with E-state index in [2.05, 4.69) is 5.32 Å². The molecule has 0 saturated carbocycles. The minimum Gasteiger partial charge on any atom is -0.378 e. The smallest absolute Gasteiger partial charge is 0.339 e. The first-order chi connectivity index (χ1) is 23.2. The summed E-state index contributed by atoms with van der Waals surface area (Å²) in [6.45, 7) is 5.29. The quantitative estimate of drug-likeness (QED) is 0.0981. The highest BCUT2D eigenvalue weighted by atomic mass is 32.2. The number of nitro groups is 1. The van der Waals surface area contributed by atoms with Crippen LogP contribution < -0.4 is 13.7 Å². The number of carbonyl (C=O) groups excluding carboxylic acids is 2. The SMILES string of the molecule is Cc1ccc(S(=O)(=O)Oc2ccc(Nc3ccccc3C)c3c2C(=O)c2c([N+](=O)[O-])ccc(OS(=O)(=O)c4ccc(C)cc4)c2C3=O)cc1. The molecule has 0 heterocycles. The molecule has 6 rings (SSSR count). The molecule has 14 heteroatoms. The number of ketones is 2. The maximum Gasteiger partial charge on any atom is 0.339 e. The Kier molecular flexibility index (Phi) is 8.30. The molecule has 0 unspecified atom stereocenters. The summed E-state index contributed by atoms with van der Waals surface area (Å²) in [5, 5.41) is 15.3. The van der Waals surface area contributed by atoms with Gasteiger partial charge in [0, 0.05) is 11.8 Å². The topological polar surface area (TPSA) is 176 Å². The van der Waals surface area contributed by atoms with E-state index in [9.17, 15) is 36.5 Å². The number of fused-ring (bicyclic) bond motifs is 2. The number of benzene rings is 5. The molecular weight excluding hydrogens is 673 g/mol. The summed E-state index contributed by atoms with van der Waals surface area (Å²) >= 11 is 0. The van der Waals surface area contributed by atoms with Crippen LogP contribution in [-0.2, 0) is 20.2 Å². The van der Waals surface area contributed by atoms with Gasteiger partial charge in [0.15, 0.2) is 11.5 Å². The number of hydrogen-bond acceptors (Lipinski definition) is 11. The number of nitro benzene ring substituents is 1. The Hall–Kier alpha value is -5.86. The lowest BCUT2D eigenvalue weighted by Gasteiger charge is -2.24. The molecule has 0 aromatic heterocycles. The number of carbonyl (C=O) groups is 2. The second kappa shape index (κ2) is 12.3. The van der Waals surface area contributed by atoms with Crippen molar-refractivity contribution >= 4 is 48.9 Å². The van der Waals surface area contributed by atoms with E-state index in [-0.39, 0.29) is 15.5 Å². The van der Waals surface area contributed by atoms with Crippen LogP contribution in [0.4, 0.5) is 17.1 Å². The molecule has 0 atom stereocenters. The third kappa shape index (κ3) is 6.14. The van der Waals surface area contributed by atoms with Crippen LogP contribution in [0.25, 0.3) is 0 Å². The molecule has 0 bridgehead atoms. The van der Waals surface area contributed by atoms with Gasteiger partial charge in [0.1, 0.15) is 15.4 Å². The van der Waals surface area contributed by atoms with Gasteiger partial charge in [0.2, 0.25) is 11.6 Å². The van der Waals surface area contributed by atoms with E-state index in [4.69, 9.17) is 8.37 Å². The highest BCUT2D eigenvalue weighted by Crippen LogP contribution is 2.45. The van der Waals surface area contributed by atoms with E-state index >= 15 is 0 Å². The van der Waals surface area contributed by atoms with Crippen LogP contribution in [0.5, 0.6) is 11.5 Å². The second-order valence-corrected chi connectivity index (χ2v) is 14.3. The van der Waals surface area contributed by atoms with Crippen molar-refractivity contribution in [2.24, 2.45) is 0 Å². The standard InChI is InChI=1S/C35H26N2O10S2/c1-20-8-12-23(13-9-20)48(42,43)46-28-18-16-26(36-25-7-5-4-6-22(25)3)30-32(28)35(39)31-27(37(40)41)17-19-29(33(31)34(30)38)47-49(44,45)24-14-10-21(2)11-15-24/h4-19,36H,1-3H3. The normalized spacial score (nSPS) is 12.6. The van der Waals surface area contributed by atoms with Gasteiger partial charge < -0.3 is 13.7 Å². The summed E-state index contributed by atoms with van der Waals surface area (Å²) < 4.78 is 64.2. The fourth-order valence-corrected chi connectivity index (χ4v) is 7.20. The molecule has 0 amide bonds.